The molecule has 9 heteroatoms. The zero-order valence-electron chi connectivity index (χ0n) is 20.5. The van der Waals surface area contributed by atoms with E-state index in [1.165, 1.54) is 6.07 Å². The molecule has 2 heterocycles. The Kier molecular flexibility index (Phi) is 7.47. The highest BCUT2D eigenvalue weighted by molar-refractivity contribution is 7.92. The van der Waals surface area contributed by atoms with Crippen LogP contribution in [-0.4, -0.2) is 57.0 Å². The molecule has 2 amide bonds. The van der Waals surface area contributed by atoms with Crippen LogP contribution in [0.5, 0.6) is 0 Å². The fraction of sp³-hybridized carbons (Fsp3) is 0.462. The predicted octanol–water partition coefficient (Wildman–Crippen LogP) is 3.31. The van der Waals surface area contributed by atoms with Gasteiger partial charge in [0.2, 0.25) is 5.91 Å². The van der Waals surface area contributed by atoms with Crippen LogP contribution in [0.3, 0.4) is 0 Å². The zero-order chi connectivity index (χ0) is 25.2. The summed E-state index contributed by atoms with van der Waals surface area (Å²) in [6.07, 6.45) is 3.30. The van der Waals surface area contributed by atoms with Crippen LogP contribution in [0.4, 0.5) is 5.69 Å². The van der Waals surface area contributed by atoms with Crippen molar-refractivity contribution in [3.8, 4) is 0 Å². The molecule has 0 spiro atoms. The van der Waals surface area contributed by atoms with Gasteiger partial charge in [0.1, 0.15) is 6.04 Å². The number of nitrogens with one attached hydrogen (secondary N) is 2. The van der Waals surface area contributed by atoms with Gasteiger partial charge in [0, 0.05) is 30.9 Å². The SMILES string of the molecule is Cc1cc(C)c(S(=O)(=O)Nc2cccc(C(=O)N3CCC[C@H]3C(=O)NC[C@@H]3CCCO3)c2)c(C)c1. The van der Waals surface area contributed by atoms with E-state index >= 15 is 0 Å². The number of anilines is 1. The van der Waals surface area contributed by atoms with Crippen molar-refractivity contribution >= 4 is 27.5 Å². The number of aryl methyl sites for hydroxylation is 3. The van der Waals surface area contributed by atoms with Crippen LogP contribution in [0, 0.1) is 20.8 Å². The quantitative estimate of drug-likeness (QED) is 0.608. The maximum atomic E-state index is 13.3. The van der Waals surface area contributed by atoms with Crippen LogP contribution in [0.25, 0.3) is 0 Å². The minimum Gasteiger partial charge on any atom is -0.376 e. The Morgan fingerprint density at radius 3 is 2.49 bits per heavy atom. The van der Waals surface area contributed by atoms with Crippen molar-refractivity contribution in [1.29, 1.82) is 0 Å². The standard InChI is InChI=1S/C26H33N3O5S/c1-17-13-18(2)24(19(3)14-17)35(32,33)28-21-8-4-7-20(15-21)26(31)29-11-5-10-23(29)25(30)27-16-22-9-6-12-34-22/h4,7-8,13-15,22-23,28H,5-6,9-12,16H2,1-3H3,(H,27,30)/t22-,23-/m0/s1. The number of rotatable bonds is 7. The van der Waals surface area contributed by atoms with Gasteiger partial charge in [0.25, 0.3) is 15.9 Å². The van der Waals surface area contributed by atoms with Crippen LogP contribution < -0.4 is 10.0 Å². The molecule has 2 fully saturated rings. The molecule has 2 N–H and O–H groups in total. The molecule has 2 aliphatic rings. The van der Waals surface area contributed by atoms with Crippen molar-refractivity contribution < 1.29 is 22.7 Å². The summed E-state index contributed by atoms with van der Waals surface area (Å²) in [5, 5.41) is 2.93. The Labute approximate surface area is 207 Å². The molecular weight excluding hydrogens is 466 g/mol. The van der Waals surface area contributed by atoms with Gasteiger partial charge in [-0.2, -0.15) is 0 Å². The fourth-order valence-electron chi connectivity index (χ4n) is 5.10. The summed E-state index contributed by atoms with van der Waals surface area (Å²) in [7, 11) is -3.84. The van der Waals surface area contributed by atoms with Crippen LogP contribution >= 0.6 is 0 Å². The third-order valence-corrected chi connectivity index (χ3v) is 8.27. The van der Waals surface area contributed by atoms with E-state index in [1.807, 2.05) is 19.1 Å². The van der Waals surface area contributed by atoms with Gasteiger partial charge in [-0.25, -0.2) is 8.42 Å². The van der Waals surface area contributed by atoms with Gasteiger partial charge in [-0.1, -0.05) is 23.8 Å². The second kappa shape index (κ2) is 10.4. The largest absolute Gasteiger partial charge is 0.376 e. The van der Waals surface area contributed by atoms with E-state index in [4.69, 9.17) is 4.74 Å². The number of likely N-dealkylation sites (tertiary alicyclic amines) is 1. The van der Waals surface area contributed by atoms with Gasteiger partial charge >= 0.3 is 0 Å². The number of ether oxygens (including phenoxy) is 1. The lowest BCUT2D eigenvalue weighted by molar-refractivity contribution is -0.125. The molecule has 2 atom stereocenters. The van der Waals surface area contributed by atoms with Gasteiger partial charge in [0.05, 0.1) is 11.0 Å². The Morgan fingerprint density at radius 1 is 1.06 bits per heavy atom. The molecule has 0 aromatic heterocycles. The first-order valence-corrected chi connectivity index (χ1v) is 13.5. The summed E-state index contributed by atoms with van der Waals surface area (Å²) in [5.74, 6) is -0.461. The van der Waals surface area contributed by atoms with E-state index in [2.05, 4.69) is 10.0 Å². The van der Waals surface area contributed by atoms with Crippen molar-refractivity contribution in [2.24, 2.45) is 0 Å². The first kappa shape index (κ1) is 25.2. The number of sulfonamides is 1. The summed E-state index contributed by atoms with van der Waals surface area (Å²) in [6, 6.07) is 9.55. The van der Waals surface area contributed by atoms with E-state index in [0.29, 0.717) is 41.9 Å². The Hall–Kier alpha value is -2.91. The van der Waals surface area contributed by atoms with Crippen molar-refractivity contribution in [2.75, 3.05) is 24.4 Å². The summed E-state index contributed by atoms with van der Waals surface area (Å²) in [5.41, 5.74) is 2.95. The van der Waals surface area contributed by atoms with Crippen LogP contribution in [0.1, 0.15) is 52.7 Å². The number of carbonyl (C=O) groups is 2. The fourth-order valence-corrected chi connectivity index (χ4v) is 6.60. The van der Waals surface area contributed by atoms with Crippen molar-refractivity contribution in [2.45, 2.75) is 63.5 Å². The van der Waals surface area contributed by atoms with Gasteiger partial charge in [-0.15, -0.1) is 0 Å². The minimum atomic E-state index is -3.84. The smallest absolute Gasteiger partial charge is 0.262 e. The lowest BCUT2D eigenvalue weighted by atomic mass is 10.1. The highest BCUT2D eigenvalue weighted by Gasteiger charge is 2.35. The third kappa shape index (κ3) is 5.67. The van der Waals surface area contributed by atoms with E-state index in [0.717, 1.165) is 31.4 Å². The van der Waals surface area contributed by atoms with Gasteiger partial charge < -0.3 is 15.0 Å². The van der Waals surface area contributed by atoms with Crippen LogP contribution in [-0.2, 0) is 19.6 Å². The number of hydrogen-bond acceptors (Lipinski definition) is 5. The molecule has 8 nitrogen and oxygen atoms in total. The Balaban J connectivity index is 1.48. The van der Waals surface area contributed by atoms with Crippen molar-refractivity contribution in [3.63, 3.8) is 0 Å². The van der Waals surface area contributed by atoms with Crippen molar-refractivity contribution in [1.82, 2.24) is 10.2 Å². The highest BCUT2D eigenvalue weighted by atomic mass is 32.2. The molecule has 0 unspecified atom stereocenters. The highest BCUT2D eigenvalue weighted by Crippen LogP contribution is 2.26. The monoisotopic (exact) mass is 499 g/mol. The average molecular weight is 500 g/mol. The summed E-state index contributed by atoms with van der Waals surface area (Å²) in [6.45, 7) is 7.11. The first-order valence-electron chi connectivity index (χ1n) is 12.1. The summed E-state index contributed by atoms with van der Waals surface area (Å²) >= 11 is 0. The molecule has 35 heavy (non-hydrogen) atoms. The van der Waals surface area contributed by atoms with Gasteiger partial charge in [-0.05, 0) is 75.8 Å². The molecule has 0 bridgehead atoms. The maximum absolute atomic E-state index is 13.3. The lowest BCUT2D eigenvalue weighted by Crippen LogP contribution is -2.47. The van der Waals surface area contributed by atoms with Crippen LogP contribution in [0.15, 0.2) is 41.3 Å². The van der Waals surface area contributed by atoms with Gasteiger partial charge in [0.15, 0.2) is 0 Å². The molecule has 2 aromatic rings. The molecule has 2 saturated heterocycles. The molecule has 2 aliphatic heterocycles. The Bertz CT molecular complexity index is 1200. The number of benzene rings is 2. The van der Waals surface area contributed by atoms with E-state index in [9.17, 15) is 18.0 Å². The zero-order valence-corrected chi connectivity index (χ0v) is 21.3. The molecule has 0 aliphatic carbocycles. The molecule has 0 saturated carbocycles. The van der Waals surface area contributed by atoms with E-state index in [-0.39, 0.29) is 22.8 Å². The molecule has 2 aromatic carbocycles. The Morgan fingerprint density at radius 2 is 1.80 bits per heavy atom. The molecule has 0 radical (unpaired) electrons. The van der Waals surface area contributed by atoms with E-state index in [1.54, 1.807) is 36.9 Å². The first-order chi connectivity index (χ1) is 16.7. The maximum Gasteiger partial charge on any atom is 0.262 e. The van der Waals surface area contributed by atoms with Crippen molar-refractivity contribution in [3.05, 3.63) is 58.7 Å². The normalized spacial score (nSPS) is 20.1. The predicted molar refractivity (Wildman–Crippen MR) is 134 cm³/mol. The van der Waals surface area contributed by atoms with Gasteiger partial charge in [-0.3, -0.25) is 14.3 Å². The lowest BCUT2D eigenvalue weighted by Gasteiger charge is -2.25. The second-order valence-electron chi connectivity index (χ2n) is 9.45. The number of carbonyl (C=O) groups excluding carboxylic acids is 2. The second-order valence-corrected chi connectivity index (χ2v) is 11.1. The number of nitrogens with zero attached hydrogens (tertiary/aromatic N) is 1. The topological polar surface area (TPSA) is 105 Å². The van der Waals surface area contributed by atoms with E-state index < -0.39 is 16.1 Å². The number of amides is 2. The van der Waals surface area contributed by atoms with Crippen LogP contribution in [0.2, 0.25) is 0 Å². The molecular formula is C26H33N3O5S. The summed E-state index contributed by atoms with van der Waals surface area (Å²) in [4.78, 5) is 27.9. The molecule has 4 rings (SSSR count). The molecule has 188 valence electrons. The average Bonchev–Trinajstić information content (AvgIpc) is 3.48. The summed E-state index contributed by atoms with van der Waals surface area (Å²) < 4.78 is 34.5. The third-order valence-electron chi connectivity index (χ3n) is 6.58. The number of hydrogen-bond donors (Lipinski definition) is 2. The minimum absolute atomic E-state index is 0.0370.